The second-order valence-corrected chi connectivity index (χ2v) is 4.97. The fourth-order valence-electron chi connectivity index (χ4n) is 2.07. The highest BCUT2D eigenvalue weighted by Gasteiger charge is 2.21. The fourth-order valence-corrected chi connectivity index (χ4v) is 2.07. The van der Waals surface area contributed by atoms with Crippen LogP contribution in [0.1, 0.15) is 38.3 Å². The van der Waals surface area contributed by atoms with Gasteiger partial charge in [-0.05, 0) is 35.4 Å². The lowest BCUT2D eigenvalue weighted by molar-refractivity contribution is 0.577. The number of nitrogens with one attached hydrogen (secondary N) is 1. The van der Waals surface area contributed by atoms with E-state index in [1.54, 1.807) is 0 Å². The van der Waals surface area contributed by atoms with E-state index >= 15 is 0 Å². The van der Waals surface area contributed by atoms with Crippen LogP contribution >= 0.6 is 0 Å². The summed E-state index contributed by atoms with van der Waals surface area (Å²) in [6.45, 7) is 7.85. The predicted molar refractivity (Wildman–Crippen MR) is 59.7 cm³/mol. The van der Waals surface area contributed by atoms with E-state index in [1.165, 1.54) is 24.0 Å². The van der Waals surface area contributed by atoms with Crippen molar-refractivity contribution < 1.29 is 0 Å². The van der Waals surface area contributed by atoms with E-state index in [2.05, 4.69) is 37.1 Å². The summed E-state index contributed by atoms with van der Waals surface area (Å²) >= 11 is 0. The number of hydrogen-bond acceptors (Lipinski definition) is 2. The van der Waals surface area contributed by atoms with Gasteiger partial charge in [-0.1, -0.05) is 20.8 Å². The average molecular weight is 190 g/mol. The van der Waals surface area contributed by atoms with E-state index in [-0.39, 0.29) is 5.41 Å². The van der Waals surface area contributed by atoms with Crippen molar-refractivity contribution in [1.29, 1.82) is 0 Å². The van der Waals surface area contributed by atoms with Crippen molar-refractivity contribution in [2.24, 2.45) is 0 Å². The molecule has 2 heterocycles. The minimum atomic E-state index is 0.228. The summed E-state index contributed by atoms with van der Waals surface area (Å²) in [7, 11) is 0. The van der Waals surface area contributed by atoms with Gasteiger partial charge in [-0.2, -0.15) is 0 Å². The standard InChI is InChI=1S/C12H18N2/c1-12(2,3)10-6-8-14-11-9(10)5-4-7-13-11/h6,8H,4-5,7H2,1-3H3,(H,13,14). The Morgan fingerprint density at radius 1 is 1.36 bits per heavy atom. The zero-order valence-corrected chi connectivity index (χ0v) is 9.22. The molecule has 1 aromatic rings. The number of hydrogen-bond donors (Lipinski definition) is 1. The van der Waals surface area contributed by atoms with Crippen molar-refractivity contribution in [1.82, 2.24) is 4.98 Å². The zero-order chi connectivity index (χ0) is 10.2. The molecule has 0 aromatic carbocycles. The van der Waals surface area contributed by atoms with Crippen LogP contribution in [0, 0.1) is 0 Å². The van der Waals surface area contributed by atoms with E-state index in [9.17, 15) is 0 Å². The molecule has 1 N–H and O–H groups in total. The molecule has 0 aliphatic carbocycles. The Bertz CT molecular complexity index is 337. The van der Waals surface area contributed by atoms with E-state index < -0.39 is 0 Å². The molecule has 0 fully saturated rings. The normalized spacial score (nSPS) is 15.9. The Morgan fingerprint density at radius 3 is 2.86 bits per heavy atom. The van der Waals surface area contributed by atoms with E-state index in [4.69, 9.17) is 0 Å². The van der Waals surface area contributed by atoms with Crippen molar-refractivity contribution >= 4 is 5.82 Å². The maximum atomic E-state index is 4.38. The van der Waals surface area contributed by atoms with Gasteiger partial charge in [0.25, 0.3) is 0 Å². The summed E-state index contributed by atoms with van der Waals surface area (Å²) in [5.74, 6) is 1.10. The van der Waals surface area contributed by atoms with Gasteiger partial charge in [-0.15, -0.1) is 0 Å². The third-order valence-corrected chi connectivity index (χ3v) is 2.76. The molecule has 0 bridgehead atoms. The van der Waals surface area contributed by atoms with Gasteiger partial charge in [0.15, 0.2) is 0 Å². The summed E-state index contributed by atoms with van der Waals surface area (Å²) < 4.78 is 0. The van der Waals surface area contributed by atoms with Gasteiger partial charge in [-0.3, -0.25) is 0 Å². The van der Waals surface area contributed by atoms with Gasteiger partial charge in [0.05, 0.1) is 0 Å². The molecule has 0 saturated heterocycles. The quantitative estimate of drug-likeness (QED) is 0.680. The van der Waals surface area contributed by atoms with Crippen molar-refractivity contribution in [2.45, 2.75) is 39.0 Å². The van der Waals surface area contributed by atoms with Crippen molar-refractivity contribution in [3.05, 3.63) is 23.4 Å². The lowest BCUT2D eigenvalue weighted by Gasteiger charge is -2.27. The van der Waals surface area contributed by atoms with E-state index in [0.717, 1.165) is 12.4 Å². The number of rotatable bonds is 0. The van der Waals surface area contributed by atoms with Crippen LogP contribution in [0.4, 0.5) is 5.82 Å². The SMILES string of the molecule is CC(C)(C)c1ccnc2c1CCCN2. The Kier molecular flexibility index (Phi) is 2.22. The number of nitrogens with zero attached hydrogens (tertiary/aromatic N) is 1. The number of anilines is 1. The molecule has 0 unspecified atom stereocenters. The highest BCUT2D eigenvalue weighted by Crippen LogP contribution is 2.31. The molecule has 76 valence electrons. The molecule has 2 rings (SSSR count). The van der Waals surface area contributed by atoms with Gasteiger partial charge >= 0.3 is 0 Å². The second kappa shape index (κ2) is 3.26. The molecule has 1 aromatic heterocycles. The Balaban J connectivity index is 2.51. The highest BCUT2D eigenvalue weighted by atomic mass is 15.0. The Hall–Kier alpha value is -1.05. The van der Waals surface area contributed by atoms with Crippen LogP contribution in [0.3, 0.4) is 0 Å². The van der Waals surface area contributed by atoms with Crippen molar-refractivity contribution in [2.75, 3.05) is 11.9 Å². The van der Waals surface area contributed by atoms with Crippen LogP contribution in [0.15, 0.2) is 12.3 Å². The minimum Gasteiger partial charge on any atom is -0.370 e. The van der Waals surface area contributed by atoms with Gasteiger partial charge in [0, 0.05) is 12.7 Å². The van der Waals surface area contributed by atoms with Gasteiger partial charge < -0.3 is 5.32 Å². The molecule has 0 atom stereocenters. The lowest BCUT2D eigenvalue weighted by atomic mass is 9.82. The first-order chi connectivity index (χ1) is 6.59. The highest BCUT2D eigenvalue weighted by molar-refractivity contribution is 5.52. The van der Waals surface area contributed by atoms with Gasteiger partial charge in [0.2, 0.25) is 0 Å². The van der Waals surface area contributed by atoms with Gasteiger partial charge in [0.1, 0.15) is 5.82 Å². The molecule has 0 spiro atoms. The number of aromatic nitrogens is 1. The summed E-state index contributed by atoms with van der Waals surface area (Å²) in [4.78, 5) is 4.38. The summed E-state index contributed by atoms with van der Waals surface area (Å²) in [5.41, 5.74) is 3.09. The van der Waals surface area contributed by atoms with E-state index in [0.29, 0.717) is 0 Å². The van der Waals surface area contributed by atoms with Crippen molar-refractivity contribution in [3.8, 4) is 0 Å². The van der Waals surface area contributed by atoms with Gasteiger partial charge in [-0.25, -0.2) is 4.98 Å². The molecule has 1 aliphatic heterocycles. The second-order valence-electron chi connectivity index (χ2n) is 4.97. The van der Waals surface area contributed by atoms with Crippen LogP contribution in [0.25, 0.3) is 0 Å². The maximum Gasteiger partial charge on any atom is 0.129 e. The molecule has 0 amide bonds. The summed E-state index contributed by atoms with van der Waals surface area (Å²) in [6, 6.07) is 2.16. The first kappa shape index (κ1) is 9.50. The Labute approximate surface area is 85.7 Å². The fraction of sp³-hybridized carbons (Fsp3) is 0.583. The number of fused-ring (bicyclic) bond motifs is 1. The number of pyridine rings is 1. The van der Waals surface area contributed by atoms with Crippen LogP contribution in [0.2, 0.25) is 0 Å². The molecular weight excluding hydrogens is 172 g/mol. The monoisotopic (exact) mass is 190 g/mol. The molecule has 2 heteroatoms. The van der Waals surface area contributed by atoms with E-state index in [1.807, 2.05) is 6.20 Å². The molecule has 2 nitrogen and oxygen atoms in total. The Morgan fingerprint density at radius 2 is 2.14 bits per heavy atom. The topological polar surface area (TPSA) is 24.9 Å². The lowest BCUT2D eigenvalue weighted by Crippen LogP contribution is -2.20. The minimum absolute atomic E-state index is 0.228. The van der Waals surface area contributed by atoms with Crippen molar-refractivity contribution in [3.63, 3.8) is 0 Å². The van der Waals surface area contributed by atoms with Crippen LogP contribution in [-0.2, 0) is 11.8 Å². The summed E-state index contributed by atoms with van der Waals surface area (Å²) in [6.07, 6.45) is 4.31. The maximum absolute atomic E-state index is 4.38. The van der Waals surface area contributed by atoms with Crippen LogP contribution in [0.5, 0.6) is 0 Å². The first-order valence-corrected chi connectivity index (χ1v) is 5.31. The molecular formula is C12H18N2. The zero-order valence-electron chi connectivity index (χ0n) is 9.22. The molecule has 14 heavy (non-hydrogen) atoms. The first-order valence-electron chi connectivity index (χ1n) is 5.31. The molecule has 1 aliphatic rings. The summed E-state index contributed by atoms with van der Waals surface area (Å²) in [5, 5.41) is 3.36. The molecule has 0 radical (unpaired) electrons. The third-order valence-electron chi connectivity index (χ3n) is 2.76. The smallest absolute Gasteiger partial charge is 0.129 e. The molecule has 0 saturated carbocycles. The average Bonchev–Trinajstić information content (AvgIpc) is 2.15. The van der Waals surface area contributed by atoms with Crippen LogP contribution in [-0.4, -0.2) is 11.5 Å². The largest absolute Gasteiger partial charge is 0.370 e. The predicted octanol–water partition coefficient (Wildman–Crippen LogP) is 2.74. The third kappa shape index (κ3) is 1.61. The van der Waals surface area contributed by atoms with Crippen LogP contribution < -0.4 is 5.32 Å².